The van der Waals surface area contributed by atoms with Crippen LogP contribution in [0.5, 0.6) is 5.75 Å². The number of benzene rings is 3. The van der Waals surface area contributed by atoms with Crippen molar-refractivity contribution < 1.29 is 17.9 Å². The van der Waals surface area contributed by atoms with E-state index in [1.807, 2.05) is 30.5 Å². The van der Waals surface area contributed by atoms with E-state index < -0.39 is 16.1 Å². The van der Waals surface area contributed by atoms with Gasteiger partial charge in [-0.3, -0.25) is 4.79 Å². The van der Waals surface area contributed by atoms with E-state index in [0.29, 0.717) is 17.0 Å². The average molecular weight is 471 g/mol. The molecule has 3 aromatic carbocycles. The molecule has 0 fully saturated rings. The molecule has 0 saturated carbocycles. The van der Waals surface area contributed by atoms with Crippen molar-refractivity contribution in [2.75, 3.05) is 25.7 Å². The lowest BCUT2D eigenvalue weighted by Crippen LogP contribution is -2.33. The Hall–Kier alpha value is -2.81. The number of ether oxygens (including phenoxy) is 1. The summed E-state index contributed by atoms with van der Waals surface area (Å²) in [5, 5.41) is 2.89. The maximum absolute atomic E-state index is 13.3. The van der Waals surface area contributed by atoms with Crippen molar-refractivity contribution in [1.29, 1.82) is 0 Å². The number of nitrogens with zero attached hydrogens (tertiary/aromatic N) is 1. The molecule has 1 amide bonds. The van der Waals surface area contributed by atoms with Gasteiger partial charge in [0.05, 0.1) is 18.0 Å². The molecule has 0 aliphatic rings. The van der Waals surface area contributed by atoms with Gasteiger partial charge in [-0.1, -0.05) is 36.4 Å². The van der Waals surface area contributed by atoms with Gasteiger partial charge in [0.25, 0.3) is 0 Å². The zero-order chi connectivity index (χ0) is 23.1. The minimum atomic E-state index is -3.81. The summed E-state index contributed by atoms with van der Waals surface area (Å²) in [6, 6.07) is 22.1. The molecule has 0 aliphatic heterocycles. The van der Waals surface area contributed by atoms with Crippen LogP contribution in [-0.2, 0) is 14.8 Å². The molecular weight excluding hydrogens is 444 g/mol. The summed E-state index contributed by atoms with van der Waals surface area (Å²) in [6.45, 7) is 0. The van der Waals surface area contributed by atoms with Crippen LogP contribution in [0.4, 0.5) is 5.69 Å². The molecule has 168 valence electrons. The largest absolute Gasteiger partial charge is 0.497 e. The first-order chi connectivity index (χ1) is 15.3. The van der Waals surface area contributed by atoms with Crippen LogP contribution in [0.2, 0.25) is 0 Å². The predicted molar refractivity (Wildman–Crippen MR) is 129 cm³/mol. The van der Waals surface area contributed by atoms with Gasteiger partial charge >= 0.3 is 0 Å². The highest BCUT2D eigenvalue weighted by Gasteiger charge is 2.31. The summed E-state index contributed by atoms with van der Waals surface area (Å²) >= 11 is 1.58. The summed E-state index contributed by atoms with van der Waals surface area (Å²) in [6.07, 6.45) is 1.92. The van der Waals surface area contributed by atoms with Crippen LogP contribution in [-0.4, -0.2) is 39.0 Å². The smallest absolute Gasteiger partial charge is 0.243 e. The Morgan fingerprint density at radius 3 is 2.34 bits per heavy atom. The molecular formula is C24H26N2O4S2. The van der Waals surface area contributed by atoms with E-state index in [-0.39, 0.29) is 17.2 Å². The second-order valence-electron chi connectivity index (χ2n) is 7.11. The van der Waals surface area contributed by atoms with Crippen LogP contribution < -0.4 is 10.1 Å². The third kappa shape index (κ3) is 5.70. The monoisotopic (exact) mass is 470 g/mol. The zero-order valence-electron chi connectivity index (χ0n) is 18.2. The standard InChI is InChI=1S/C24H26N2O4S2/c1-26(32(28,29)22-10-5-4-6-11-22)23(18-12-14-20(30-2)15-13-18)17-24(27)25-19-8-7-9-21(16-19)31-3/h4-16,23H,17H2,1-3H3,(H,25,27)/t23-/m1/s1. The summed E-state index contributed by atoms with van der Waals surface area (Å²) in [4.78, 5) is 14.1. The molecule has 0 radical (unpaired) electrons. The van der Waals surface area contributed by atoms with Gasteiger partial charge in [0.15, 0.2) is 0 Å². The topological polar surface area (TPSA) is 75.7 Å². The van der Waals surface area contributed by atoms with Gasteiger partial charge in [-0.25, -0.2) is 8.42 Å². The molecule has 0 unspecified atom stereocenters. The molecule has 3 aromatic rings. The van der Waals surface area contributed by atoms with Gasteiger partial charge in [0, 0.05) is 24.1 Å². The van der Waals surface area contributed by atoms with E-state index in [2.05, 4.69) is 5.32 Å². The summed E-state index contributed by atoms with van der Waals surface area (Å²) in [5.41, 5.74) is 1.37. The van der Waals surface area contributed by atoms with Crippen molar-refractivity contribution >= 4 is 33.4 Å². The van der Waals surface area contributed by atoms with Crippen molar-refractivity contribution in [3.8, 4) is 5.75 Å². The molecule has 1 N–H and O–H groups in total. The first kappa shape index (κ1) is 23.8. The zero-order valence-corrected chi connectivity index (χ0v) is 19.8. The van der Waals surface area contributed by atoms with Crippen LogP contribution in [0.15, 0.2) is 88.7 Å². The lowest BCUT2D eigenvalue weighted by atomic mass is 10.0. The Kier molecular flexibility index (Phi) is 7.95. The van der Waals surface area contributed by atoms with Crippen molar-refractivity contribution in [2.24, 2.45) is 0 Å². The average Bonchev–Trinajstić information content (AvgIpc) is 2.83. The van der Waals surface area contributed by atoms with E-state index in [9.17, 15) is 13.2 Å². The number of rotatable bonds is 9. The number of hydrogen-bond donors (Lipinski definition) is 1. The highest BCUT2D eigenvalue weighted by atomic mass is 32.2. The Morgan fingerprint density at radius 1 is 1.03 bits per heavy atom. The van der Waals surface area contributed by atoms with Crippen molar-refractivity contribution in [3.63, 3.8) is 0 Å². The minimum Gasteiger partial charge on any atom is -0.497 e. The summed E-state index contributed by atoms with van der Waals surface area (Å²) in [5.74, 6) is 0.374. The van der Waals surface area contributed by atoms with Crippen molar-refractivity contribution in [2.45, 2.75) is 22.3 Å². The molecule has 0 spiro atoms. The second-order valence-corrected chi connectivity index (χ2v) is 9.98. The third-order valence-electron chi connectivity index (χ3n) is 5.09. The summed E-state index contributed by atoms with van der Waals surface area (Å²) in [7, 11) is -0.749. The normalized spacial score (nSPS) is 12.4. The Labute approximate surface area is 193 Å². The molecule has 3 rings (SSSR count). The fourth-order valence-corrected chi connectivity index (χ4v) is 5.12. The maximum atomic E-state index is 13.3. The summed E-state index contributed by atoms with van der Waals surface area (Å²) < 4.78 is 33.0. The van der Waals surface area contributed by atoms with E-state index in [1.54, 1.807) is 73.5 Å². The third-order valence-corrected chi connectivity index (χ3v) is 7.70. The van der Waals surface area contributed by atoms with Crippen LogP contribution in [0.1, 0.15) is 18.0 Å². The Balaban J connectivity index is 1.90. The van der Waals surface area contributed by atoms with Gasteiger partial charge in [0.2, 0.25) is 15.9 Å². The maximum Gasteiger partial charge on any atom is 0.243 e. The van der Waals surface area contributed by atoms with Gasteiger partial charge in [-0.05, 0) is 54.3 Å². The van der Waals surface area contributed by atoms with E-state index in [0.717, 1.165) is 4.90 Å². The molecule has 0 saturated heterocycles. The van der Waals surface area contributed by atoms with E-state index in [4.69, 9.17) is 4.74 Å². The number of thioether (sulfide) groups is 1. The number of methoxy groups -OCH3 is 1. The highest BCUT2D eigenvalue weighted by Crippen LogP contribution is 2.30. The van der Waals surface area contributed by atoms with Gasteiger partial charge in [0.1, 0.15) is 5.75 Å². The van der Waals surface area contributed by atoms with Crippen LogP contribution in [0.25, 0.3) is 0 Å². The van der Waals surface area contributed by atoms with Crippen LogP contribution >= 0.6 is 11.8 Å². The number of hydrogen-bond acceptors (Lipinski definition) is 5. The first-order valence-corrected chi connectivity index (χ1v) is 12.6. The Bertz CT molecular complexity index is 1150. The molecule has 32 heavy (non-hydrogen) atoms. The van der Waals surface area contributed by atoms with Crippen LogP contribution in [0.3, 0.4) is 0 Å². The van der Waals surface area contributed by atoms with Gasteiger partial charge in [-0.15, -0.1) is 11.8 Å². The number of nitrogens with one attached hydrogen (secondary N) is 1. The van der Waals surface area contributed by atoms with Crippen molar-refractivity contribution in [1.82, 2.24) is 4.31 Å². The van der Waals surface area contributed by atoms with Crippen LogP contribution in [0, 0.1) is 0 Å². The SMILES string of the molecule is COc1ccc([C@@H](CC(=O)Nc2cccc(SC)c2)N(C)S(=O)(=O)c2ccccc2)cc1. The quantitative estimate of drug-likeness (QED) is 0.454. The first-order valence-electron chi connectivity index (χ1n) is 9.96. The lowest BCUT2D eigenvalue weighted by molar-refractivity contribution is -0.117. The molecule has 0 heterocycles. The molecule has 0 aromatic heterocycles. The molecule has 1 atom stereocenters. The fourth-order valence-electron chi connectivity index (χ4n) is 3.30. The van der Waals surface area contributed by atoms with E-state index >= 15 is 0 Å². The Morgan fingerprint density at radius 2 is 1.72 bits per heavy atom. The predicted octanol–water partition coefficient (Wildman–Crippen LogP) is 4.81. The number of sulfonamides is 1. The van der Waals surface area contributed by atoms with Gasteiger partial charge < -0.3 is 10.1 Å². The number of carbonyl (C=O) groups is 1. The highest BCUT2D eigenvalue weighted by molar-refractivity contribution is 7.98. The molecule has 0 bridgehead atoms. The van der Waals surface area contributed by atoms with E-state index in [1.165, 1.54) is 11.4 Å². The number of anilines is 1. The molecule has 0 aliphatic carbocycles. The molecule has 8 heteroatoms. The minimum absolute atomic E-state index is 0.0433. The number of carbonyl (C=O) groups excluding carboxylic acids is 1. The fraction of sp³-hybridized carbons (Fsp3) is 0.208. The van der Waals surface area contributed by atoms with Crippen molar-refractivity contribution in [3.05, 3.63) is 84.4 Å². The van der Waals surface area contributed by atoms with Gasteiger partial charge in [-0.2, -0.15) is 4.31 Å². The molecule has 6 nitrogen and oxygen atoms in total. The second kappa shape index (κ2) is 10.7. The number of amides is 1. The lowest BCUT2D eigenvalue weighted by Gasteiger charge is -2.28.